The molecule has 0 aliphatic heterocycles. The fourth-order valence-corrected chi connectivity index (χ4v) is 4.75. The number of fused-ring (bicyclic) bond motifs is 2. The monoisotopic (exact) mass is 557 g/mol. The van der Waals surface area contributed by atoms with Crippen LogP contribution in [-0.4, -0.2) is 16.0 Å². The Kier molecular flexibility index (Phi) is 6.36. The predicted molar refractivity (Wildman–Crippen MR) is 153 cm³/mol. The summed E-state index contributed by atoms with van der Waals surface area (Å²) < 4.78 is 7.08. The van der Waals surface area contributed by atoms with Gasteiger partial charge in [-0.3, -0.25) is 10.1 Å². The van der Waals surface area contributed by atoms with Crippen LogP contribution >= 0.6 is 28.1 Å². The molecule has 0 saturated heterocycles. The summed E-state index contributed by atoms with van der Waals surface area (Å²) >= 11 is 8.99. The lowest BCUT2D eigenvalue weighted by Gasteiger charge is -2.19. The quantitative estimate of drug-likeness (QED) is 0.221. The predicted octanol–water partition coefficient (Wildman–Crippen LogP) is 7.83. The third-order valence-electron chi connectivity index (χ3n) is 5.98. The molecule has 0 unspecified atom stereocenters. The summed E-state index contributed by atoms with van der Waals surface area (Å²) in [6.07, 6.45) is 0. The van der Waals surface area contributed by atoms with Crippen LogP contribution in [0.2, 0.25) is 0 Å². The minimum absolute atomic E-state index is 0.0238. The van der Waals surface area contributed by atoms with Gasteiger partial charge in [-0.05, 0) is 76.4 Å². The van der Waals surface area contributed by atoms with Crippen LogP contribution in [0.5, 0.6) is 0 Å². The second-order valence-corrected chi connectivity index (χ2v) is 10.8. The van der Waals surface area contributed by atoms with Gasteiger partial charge in [0.15, 0.2) is 10.7 Å². The van der Waals surface area contributed by atoms with Crippen LogP contribution in [0, 0.1) is 0 Å². The van der Waals surface area contributed by atoms with Crippen molar-refractivity contribution in [1.82, 2.24) is 10.3 Å². The van der Waals surface area contributed by atoms with Gasteiger partial charge in [0.2, 0.25) is 5.89 Å². The molecule has 1 aromatic heterocycles. The number of amides is 1. The molecular weight excluding hydrogens is 534 g/mol. The van der Waals surface area contributed by atoms with Crippen LogP contribution in [0.25, 0.3) is 33.3 Å². The Bertz CT molecular complexity index is 1620. The summed E-state index contributed by atoms with van der Waals surface area (Å²) in [5, 5.41) is 8.16. The van der Waals surface area contributed by atoms with E-state index in [4.69, 9.17) is 21.6 Å². The number of thiocarbonyl (C=S) groups is 1. The molecule has 2 N–H and O–H groups in total. The first-order valence-corrected chi connectivity index (χ1v) is 12.7. The molecule has 5 rings (SSSR count). The molecule has 5 nitrogen and oxygen atoms in total. The van der Waals surface area contributed by atoms with Gasteiger partial charge in [0.05, 0.1) is 0 Å². The maximum Gasteiger partial charge on any atom is 0.257 e. The second-order valence-electron chi connectivity index (χ2n) is 9.58. The summed E-state index contributed by atoms with van der Waals surface area (Å²) in [5.74, 6) is 0.278. The van der Waals surface area contributed by atoms with Crippen LogP contribution in [-0.2, 0) is 5.41 Å². The van der Waals surface area contributed by atoms with Crippen LogP contribution in [0.1, 0.15) is 36.7 Å². The number of aromatic nitrogens is 1. The van der Waals surface area contributed by atoms with Crippen molar-refractivity contribution in [3.05, 3.63) is 94.5 Å². The first kappa shape index (κ1) is 24.2. The number of hydrogen-bond acceptors (Lipinski definition) is 4. The van der Waals surface area contributed by atoms with Crippen LogP contribution in [0.4, 0.5) is 5.69 Å². The topological polar surface area (TPSA) is 67.2 Å². The zero-order valence-corrected chi connectivity index (χ0v) is 22.5. The maximum absolute atomic E-state index is 12.6. The fraction of sp³-hybridized carbons (Fsp3) is 0.138. The van der Waals surface area contributed by atoms with Crippen molar-refractivity contribution >= 4 is 66.7 Å². The van der Waals surface area contributed by atoms with E-state index in [2.05, 4.69) is 59.5 Å². The summed E-state index contributed by atoms with van der Waals surface area (Å²) in [6, 6.07) is 25.2. The van der Waals surface area contributed by atoms with Crippen molar-refractivity contribution in [3.8, 4) is 11.5 Å². The lowest BCUT2D eigenvalue weighted by molar-refractivity contribution is 0.0977. The van der Waals surface area contributed by atoms with Crippen molar-refractivity contribution in [2.24, 2.45) is 0 Å². The molecular formula is C29H24BrN3O2S. The Hall–Kier alpha value is -3.55. The highest BCUT2D eigenvalue weighted by Crippen LogP contribution is 2.34. The molecule has 1 amide bonds. The number of nitrogens with zero attached hydrogens (tertiary/aromatic N) is 1. The van der Waals surface area contributed by atoms with Crippen molar-refractivity contribution in [2.75, 3.05) is 5.32 Å². The summed E-state index contributed by atoms with van der Waals surface area (Å²) in [7, 11) is 0. The van der Waals surface area contributed by atoms with Gasteiger partial charge in [-0.15, -0.1) is 0 Å². The first-order valence-electron chi connectivity index (χ1n) is 11.5. The van der Waals surface area contributed by atoms with E-state index < -0.39 is 0 Å². The van der Waals surface area contributed by atoms with Gasteiger partial charge >= 0.3 is 0 Å². The van der Waals surface area contributed by atoms with Crippen LogP contribution in [0.15, 0.2) is 87.8 Å². The fourth-order valence-electron chi connectivity index (χ4n) is 4.04. The zero-order chi connectivity index (χ0) is 25.4. The molecule has 7 heteroatoms. The number of anilines is 1. The van der Waals surface area contributed by atoms with Crippen LogP contribution in [0.3, 0.4) is 0 Å². The van der Waals surface area contributed by atoms with Gasteiger partial charge in [-0.1, -0.05) is 73.1 Å². The molecule has 0 aliphatic rings. The summed E-state index contributed by atoms with van der Waals surface area (Å²) in [5.41, 5.74) is 4.71. The number of nitrogens with one attached hydrogen (secondary N) is 2. The van der Waals surface area contributed by atoms with E-state index in [1.165, 1.54) is 0 Å². The number of carbonyl (C=O) groups excluding carboxylic acids is 1. The van der Waals surface area contributed by atoms with E-state index in [1.807, 2.05) is 66.7 Å². The van der Waals surface area contributed by atoms with E-state index in [0.29, 0.717) is 28.2 Å². The number of rotatable bonds is 3. The number of oxazole rings is 1. The Morgan fingerprint density at radius 2 is 1.67 bits per heavy atom. The van der Waals surface area contributed by atoms with Gasteiger partial charge in [0.25, 0.3) is 5.91 Å². The normalized spacial score (nSPS) is 11.6. The highest BCUT2D eigenvalue weighted by Gasteiger charge is 2.16. The van der Waals surface area contributed by atoms with Gasteiger partial charge in [0.1, 0.15) is 5.52 Å². The van der Waals surface area contributed by atoms with E-state index in [0.717, 1.165) is 26.4 Å². The smallest absolute Gasteiger partial charge is 0.257 e. The average Bonchev–Trinajstić information content (AvgIpc) is 3.27. The molecule has 0 bridgehead atoms. The largest absolute Gasteiger partial charge is 0.436 e. The highest BCUT2D eigenvalue weighted by atomic mass is 79.9. The van der Waals surface area contributed by atoms with Crippen molar-refractivity contribution < 1.29 is 9.21 Å². The molecule has 5 aromatic rings. The number of benzene rings is 4. The third-order valence-corrected chi connectivity index (χ3v) is 6.88. The molecule has 0 radical (unpaired) electrons. The molecule has 4 aromatic carbocycles. The van der Waals surface area contributed by atoms with Gasteiger partial charge < -0.3 is 9.73 Å². The minimum Gasteiger partial charge on any atom is -0.436 e. The van der Waals surface area contributed by atoms with E-state index in [1.54, 1.807) is 0 Å². The lowest BCUT2D eigenvalue weighted by atomic mass is 9.87. The molecule has 0 aliphatic carbocycles. The molecule has 0 atom stereocenters. The van der Waals surface area contributed by atoms with Crippen LogP contribution < -0.4 is 10.6 Å². The number of hydrogen-bond donors (Lipinski definition) is 2. The average molecular weight is 559 g/mol. The molecule has 36 heavy (non-hydrogen) atoms. The standard InChI is InChI=1S/C29H24BrN3O2S/c1-29(2,3)18-12-10-17(11-13-18)26(34)33-28(36)31-19-14-15-25-24(16-19)32-27(35-25)22-8-4-7-21-20(22)6-5-9-23(21)30/h4-16H,1-3H3,(H2,31,33,34,36). The molecule has 180 valence electrons. The van der Waals surface area contributed by atoms with Crippen molar-refractivity contribution in [3.63, 3.8) is 0 Å². The van der Waals surface area contributed by atoms with Gasteiger partial charge in [-0.25, -0.2) is 4.98 Å². The lowest BCUT2D eigenvalue weighted by Crippen LogP contribution is -2.34. The molecule has 0 spiro atoms. The van der Waals surface area contributed by atoms with Gasteiger partial charge in [-0.2, -0.15) is 0 Å². The van der Waals surface area contributed by atoms with E-state index >= 15 is 0 Å². The molecule has 0 saturated carbocycles. The highest BCUT2D eigenvalue weighted by molar-refractivity contribution is 9.10. The van der Waals surface area contributed by atoms with E-state index in [9.17, 15) is 4.79 Å². The summed E-state index contributed by atoms with van der Waals surface area (Å²) in [4.78, 5) is 17.4. The Balaban J connectivity index is 1.33. The second kappa shape index (κ2) is 9.48. The SMILES string of the molecule is CC(C)(C)c1ccc(C(=O)NC(=S)Nc2ccc3oc(-c4cccc5c(Br)cccc45)nc3c2)cc1. The van der Waals surface area contributed by atoms with Crippen molar-refractivity contribution in [2.45, 2.75) is 26.2 Å². The van der Waals surface area contributed by atoms with Gasteiger partial charge in [0, 0.05) is 21.3 Å². The maximum atomic E-state index is 12.6. The summed E-state index contributed by atoms with van der Waals surface area (Å²) in [6.45, 7) is 6.41. The first-order chi connectivity index (χ1) is 17.2. The van der Waals surface area contributed by atoms with Crippen molar-refractivity contribution in [1.29, 1.82) is 0 Å². The molecule has 0 fully saturated rings. The third kappa shape index (κ3) is 4.90. The number of halogens is 1. The Morgan fingerprint density at radius 1 is 0.944 bits per heavy atom. The minimum atomic E-state index is -0.264. The zero-order valence-electron chi connectivity index (χ0n) is 20.1. The van der Waals surface area contributed by atoms with E-state index in [-0.39, 0.29) is 16.4 Å². The molecule has 1 heterocycles. The Labute approximate surface area is 223 Å². The Morgan fingerprint density at radius 3 is 2.42 bits per heavy atom. The number of carbonyl (C=O) groups is 1.